The number of rotatable bonds is 7. The number of ether oxygens (including phenoxy) is 1. The maximum Gasteiger partial charge on any atom is 0.259 e. The molecule has 188 valence electrons. The van der Waals surface area contributed by atoms with E-state index in [1.807, 2.05) is 85.1 Å². The second kappa shape index (κ2) is 12.2. The molecule has 5 rings (SSSR count). The number of fused-ring (bicyclic) bond motifs is 1. The number of nitrogens with one attached hydrogen (secondary N) is 1. The predicted octanol–water partition coefficient (Wildman–Crippen LogP) is 8.64. The van der Waals surface area contributed by atoms with Gasteiger partial charge in [0.2, 0.25) is 0 Å². The quantitative estimate of drug-likeness (QED) is 0.244. The highest BCUT2D eigenvalue weighted by atomic mass is 35.5. The minimum absolute atomic E-state index is 0.0938. The third kappa shape index (κ3) is 6.48. The van der Waals surface area contributed by atoms with Crippen LogP contribution in [0, 0.1) is 0 Å². The fourth-order valence-electron chi connectivity index (χ4n) is 4.53. The second-order valence-electron chi connectivity index (χ2n) is 9.13. The first-order valence-electron chi connectivity index (χ1n) is 12.7. The van der Waals surface area contributed by atoms with E-state index >= 15 is 0 Å². The molecular formula is C31H29ClN2O2S. The second-order valence-corrected chi connectivity index (χ2v) is 10.6. The van der Waals surface area contributed by atoms with E-state index in [2.05, 4.69) is 5.32 Å². The lowest BCUT2D eigenvalue weighted by atomic mass is 9.96. The number of thiophene rings is 1. The van der Waals surface area contributed by atoms with E-state index in [4.69, 9.17) is 21.3 Å². The highest BCUT2D eigenvalue weighted by Gasteiger charge is 2.24. The highest BCUT2D eigenvalue weighted by Crippen LogP contribution is 2.39. The molecule has 1 heterocycles. The van der Waals surface area contributed by atoms with Crippen molar-refractivity contribution < 1.29 is 9.53 Å². The van der Waals surface area contributed by atoms with Gasteiger partial charge in [0.05, 0.1) is 5.56 Å². The molecule has 1 aliphatic carbocycles. The van der Waals surface area contributed by atoms with Gasteiger partial charge in [-0.1, -0.05) is 66.9 Å². The monoisotopic (exact) mass is 528 g/mol. The van der Waals surface area contributed by atoms with Crippen LogP contribution in [0.5, 0.6) is 5.75 Å². The fourth-order valence-corrected chi connectivity index (χ4v) is 5.89. The van der Waals surface area contributed by atoms with E-state index in [9.17, 15) is 4.79 Å². The number of para-hydroxylation sites is 2. The van der Waals surface area contributed by atoms with Crippen molar-refractivity contribution in [1.29, 1.82) is 0 Å². The standard InChI is InChI=1S/C31H29ClN2O2S/c32-24-18-16-22(17-19-24)21-36-27-14-9-8-10-23(27)20-33-31-29(30(35)34-25-11-4-3-5-12-25)26-13-6-1-2-7-15-28(26)37-31/h3-5,8-12,14,16-20H,1-2,6-7,13,15,21H2,(H,34,35). The van der Waals surface area contributed by atoms with Crippen LogP contribution in [0.25, 0.3) is 0 Å². The number of aliphatic imine (C=N–C) groups is 1. The molecule has 0 saturated heterocycles. The van der Waals surface area contributed by atoms with Gasteiger partial charge in [-0.15, -0.1) is 11.3 Å². The van der Waals surface area contributed by atoms with E-state index in [-0.39, 0.29) is 5.91 Å². The number of halogens is 1. The number of amides is 1. The summed E-state index contributed by atoms with van der Waals surface area (Å²) < 4.78 is 6.11. The van der Waals surface area contributed by atoms with Crippen LogP contribution >= 0.6 is 22.9 Å². The number of nitrogens with zero attached hydrogens (tertiary/aromatic N) is 1. The molecule has 0 unspecified atom stereocenters. The summed E-state index contributed by atoms with van der Waals surface area (Å²) in [6.07, 6.45) is 8.42. The number of benzene rings is 3. The molecule has 37 heavy (non-hydrogen) atoms. The topological polar surface area (TPSA) is 50.7 Å². The third-order valence-corrected chi connectivity index (χ3v) is 7.91. The van der Waals surface area contributed by atoms with Gasteiger partial charge in [0.15, 0.2) is 0 Å². The van der Waals surface area contributed by atoms with Crippen LogP contribution in [0.1, 0.15) is 57.6 Å². The van der Waals surface area contributed by atoms with Gasteiger partial charge in [-0.05, 0) is 73.2 Å². The van der Waals surface area contributed by atoms with Crippen LogP contribution in [0.2, 0.25) is 5.02 Å². The first kappa shape index (κ1) is 25.2. The Balaban J connectivity index is 1.43. The minimum atomic E-state index is -0.0938. The Hall–Kier alpha value is -3.41. The zero-order valence-electron chi connectivity index (χ0n) is 20.6. The summed E-state index contributed by atoms with van der Waals surface area (Å²) in [6.45, 7) is 0.431. The Morgan fingerprint density at radius 1 is 0.919 bits per heavy atom. The van der Waals surface area contributed by atoms with E-state index < -0.39 is 0 Å². The molecule has 0 atom stereocenters. The summed E-state index contributed by atoms with van der Waals surface area (Å²) in [7, 11) is 0. The summed E-state index contributed by atoms with van der Waals surface area (Å²) in [6, 6.07) is 25.1. The zero-order valence-corrected chi connectivity index (χ0v) is 22.2. The van der Waals surface area contributed by atoms with Crippen molar-refractivity contribution in [3.8, 4) is 5.75 Å². The van der Waals surface area contributed by atoms with Crippen LogP contribution < -0.4 is 10.1 Å². The Morgan fingerprint density at radius 3 is 2.46 bits per heavy atom. The number of carbonyl (C=O) groups excluding carboxylic acids is 1. The lowest BCUT2D eigenvalue weighted by Gasteiger charge is -2.12. The average molecular weight is 529 g/mol. The predicted molar refractivity (Wildman–Crippen MR) is 154 cm³/mol. The molecule has 0 fully saturated rings. The smallest absolute Gasteiger partial charge is 0.259 e. The Morgan fingerprint density at radius 2 is 1.65 bits per heavy atom. The molecule has 1 amide bonds. The molecular weight excluding hydrogens is 500 g/mol. The highest BCUT2D eigenvalue weighted by molar-refractivity contribution is 7.16. The van der Waals surface area contributed by atoms with Gasteiger partial charge in [0.1, 0.15) is 17.4 Å². The van der Waals surface area contributed by atoms with E-state index in [0.717, 1.165) is 58.8 Å². The van der Waals surface area contributed by atoms with Crippen molar-refractivity contribution in [2.45, 2.75) is 45.1 Å². The van der Waals surface area contributed by atoms with Crippen LogP contribution in [0.15, 0.2) is 83.9 Å². The molecule has 1 aliphatic rings. The fraction of sp³-hybridized carbons (Fsp3) is 0.226. The van der Waals surface area contributed by atoms with Crippen molar-refractivity contribution in [3.05, 3.63) is 111 Å². The van der Waals surface area contributed by atoms with E-state index in [1.165, 1.54) is 17.7 Å². The van der Waals surface area contributed by atoms with Gasteiger partial charge in [-0.2, -0.15) is 0 Å². The molecule has 0 bridgehead atoms. The number of anilines is 1. The molecule has 3 aromatic carbocycles. The maximum absolute atomic E-state index is 13.5. The van der Waals surface area contributed by atoms with Crippen LogP contribution in [-0.2, 0) is 19.4 Å². The van der Waals surface area contributed by atoms with E-state index in [1.54, 1.807) is 11.3 Å². The molecule has 0 spiro atoms. The summed E-state index contributed by atoms with van der Waals surface area (Å²) in [4.78, 5) is 19.7. The Labute approximate surface area is 227 Å². The van der Waals surface area contributed by atoms with Gasteiger partial charge < -0.3 is 10.1 Å². The SMILES string of the molecule is O=C(Nc1ccccc1)c1c(N=Cc2ccccc2OCc2ccc(Cl)cc2)sc2c1CCCCCC2. The lowest BCUT2D eigenvalue weighted by molar-refractivity contribution is 0.102. The van der Waals surface area contributed by atoms with Crippen LogP contribution in [-0.4, -0.2) is 12.1 Å². The Kier molecular flexibility index (Phi) is 8.34. The minimum Gasteiger partial charge on any atom is -0.488 e. The molecule has 6 heteroatoms. The van der Waals surface area contributed by atoms with Gasteiger partial charge in [-0.25, -0.2) is 4.99 Å². The van der Waals surface area contributed by atoms with Crippen molar-refractivity contribution in [2.24, 2.45) is 4.99 Å². The van der Waals surface area contributed by atoms with Gasteiger partial charge in [-0.3, -0.25) is 4.79 Å². The summed E-state index contributed by atoms with van der Waals surface area (Å²) in [5.74, 6) is 0.648. The summed E-state index contributed by atoms with van der Waals surface area (Å²) >= 11 is 7.65. The van der Waals surface area contributed by atoms with Crippen molar-refractivity contribution in [1.82, 2.24) is 0 Å². The molecule has 0 aliphatic heterocycles. The number of aryl methyl sites for hydroxylation is 1. The molecule has 1 aromatic heterocycles. The molecule has 0 radical (unpaired) electrons. The van der Waals surface area contributed by atoms with Crippen molar-refractivity contribution >= 4 is 45.7 Å². The lowest BCUT2D eigenvalue weighted by Crippen LogP contribution is -2.14. The summed E-state index contributed by atoms with van der Waals surface area (Å²) in [5.41, 5.74) is 4.56. The zero-order chi connectivity index (χ0) is 25.5. The first-order valence-corrected chi connectivity index (χ1v) is 13.9. The molecule has 4 aromatic rings. The normalized spacial score (nSPS) is 13.5. The largest absolute Gasteiger partial charge is 0.488 e. The average Bonchev–Trinajstić information content (AvgIpc) is 3.24. The van der Waals surface area contributed by atoms with Gasteiger partial charge in [0, 0.05) is 27.4 Å². The maximum atomic E-state index is 13.5. The van der Waals surface area contributed by atoms with Crippen LogP contribution in [0.4, 0.5) is 10.7 Å². The Bertz CT molecular complexity index is 1380. The molecule has 1 N–H and O–H groups in total. The first-order chi connectivity index (χ1) is 18.2. The van der Waals surface area contributed by atoms with Gasteiger partial charge >= 0.3 is 0 Å². The summed E-state index contributed by atoms with van der Waals surface area (Å²) in [5, 5.41) is 4.54. The van der Waals surface area contributed by atoms with Crippen molar-refractivity contribution in [3.63, 3.8) is 0 Å². The number of hydrogen-bond donors (Lipinski definition) is 1. The number of hydrogen-bond acceptors (Lipinski definition) is 4. The molecule has 4 nitrogen and oxygen atoms in total. The molecule has 0 saturated carbocycles. The van der Waals surface area contributed by atoms with E-state index in [0.29, 0.717) is 17.2 Å². The van der Waals surface area contributed by atoms with Gasteiger partial charge in [0.25, 0.3) is 5.91 Å². The van der Waals surface area contributed by atoms with Crippen LogP contribution in [0.3, 0.4) is 0 Å². The van der Waals surface area contributed by atoms with Crippen molar-refractivity contribution in [2.75, 3.05) is 5.32 Å². The number of carbonyl (C=O) groups is 1. The third-order valence-electron chi connectivity index (χ3n) is 6.46.